The van der Waals surface area contributed by atoms with Gasteiger partial charge in [-0.3, -0.25) is 4.90 Å². The number of rotatable bonds is 6. The summed E-state index contributed by atoms with van der Waals surface area (Å²) in [5, 5.41) is 0.123. The van der Waals surface area contributed by atoms with Crippen LogP contribution in [0, 0.1) is 5.82 Å². The van der Waals surface area contributed by atoms with Crippen molar-refractivity contribution in [2.24, 2.45) is 0 Å². The van der Waals surface area contributed by atoms with Crippen LogP contribution in [0.1, 0.15) is 25.3 Å². The second-order valence-electron chi connectivity index (χ2n) is 5.59. The summed E-state index contributed by atoms with van der Waals surface area (Å²) >= 11 is 5.78. The fourth-order valence-electron chi connectivity index (χ4n) is 2.52. The van der Waals surface area contributed by atoms with Gasteiger partial charge < -0.3 is 0 Å². The molecule has 0 unspecified atom stereocenters. The van der Waals surface area contributed by atoms with Crippen molar-refractivity contribution in [2.75, 3.05) is 31.9 Å². The van der Waals surface area contributed by atoms with E-state index >= 15 is 0 Å². The van der Waals surface area contributed by atoms with Crippen LogP contribution < -0.4 is 0 Å². The van der Waals surface area contributed by atoms with Crippen molar-refractivity contribution in [2.45, 2.75) is 26.3 Å². The first kappa shape index (κ1) is 17.7. The summed E-state index contributed by atoms with van der Waals surface area (Å²) in [5.41, 5.74) is 0.939. The third-order valence-electron chi connectivity index (χ3n) is 3.87. The first-order valence-electron chi connectivity index (χ1n) is 7.56. The fourth-order valence-corrected chi connectivity index (χ4v) is 4.35. The van der Waals surface area contributed by atoms with Crippen molar-refractivity contribution in [3.8, 4) is 0 Å². The normalized spacial score (nSPS) is 17.8. The molecule has 4 nitrogen and oxygen atoms in total. The highest BCUT2D eigenvalue weighted by molar-refractivity contribution is 7.89. The molecule has 1 saturated heterocycles. The van der Waals surface area contributed by atoms with Gasteiger partial charge in [0.25, 0.3) is 0 Å². The van der Waals surface area contributed by atoms with E-state index in [-0.39, 0.29) is 10.8 Å². The number of hydrogen-bond acceptors (Lipinski definition) is 3. The lowest BCUT2D eigenvalue weighted by molar-refractivity contribution is 0.181. The van der Waals surface area contributed by atoms with Gasteiger partial charge in [0.15, 0.2) is 0 Å². The maximum absolute atomic E-state index is 13.1. The maximum Gasteiger partial charge on any atom is 0.214 e. The molecule has 0 bridgehead atoms. The Balaban J connectivity index is 1.88. The highest BCUT2D eigenvalue weighted by Gasteiger charge is 2.26. The molecular formula is C15H22ClFN2O2S. The molecule has 124 valence electrons. The third kappa shape index (κ3) is 4.65. The van der Waals surface area contributed by atoms with Crippen molar-refractivity contribution >= 4 is 21.6 Å². The first-order chi connectivity index (χ1) is 10.4. The van der Waals surface area contributed by atoms with Gasteiger partial charge in [-0.25, -0.2) is 12.8 Å². The largest absolute Gasteiger partial charge is 0.296 e. The van der Waals surface area contributed by atoms with Crippen LogP contribution in [0.25, 0.3) is 0 Å². The summed E-state index contributed by atoms with van der Waals surface area (Å²) in [5.74, 6) is -0.186. The number of nitrogens with zero attached hydrogens (tertiary/aromatic N) is 2. The highest BCUT2D eigenvalue weighted by Crippen LogP contribution is 2.18. The number of halogens is 2. The molecule has 0 spiro atoms. The van der Waals surface area contributed by atoms with Gasteiger partial charge in [-0.05, 0) is 24.1 Å². The van der Waals surface area contributed by atoms with Crippen molar-refractivity contribution in [3.63, 3.8) is 0 Å². The third-order valence-corrected chi connectivity index (χ3v) is 6.12. The van der Waals surface area contributed by atoms with Crippen molar-refractivity contribution < 1.29 is 12.8 Å². The van der Waals surface area contributed by atoms with Gasteiger partial charge in [0, 0.05) is 32.7 Å². The van der Waals surface area contributed by atoms with Crippen LogP contribution in [0.3, 0.4) is 0 Å². The van der Waals surface area contributed by atoms with Crippen LogP contribution in [-0.4, -0.2) is 49.6 Å². The summed E-state index contributed by atoms with van der Waals surface area (Å²) in [6, 6.07) is 4.70. The van der Waals surface area contributed by atoms with Gasteiger partial charge in [-0.2, -0.15) is 4.31 Å². The molecule has 1 fully saturated rings. The molecule has 1 aromatic carbocycles. The van der Waals surface area contributed by atoms with Crippen LogP contribution in [0.15, 0.2) is 18.2 Å². The van der Waals surface area contributed by atoms with Gasteiger partial charge in [-0.15, -0.1) is 0 Å². The summed E-state index contributed by atoms with van der Waals surface area (Å²) in [6.45, 7) is 5.03. The van der Waals surface area contributed by atoms with E-state index in [9.17, 15) is 12.8 Å². The lowest BCUT2D eigenvalue weighted by Gasteiger charge is -2.34. The van der Waals surface area contributed by atoms with E-state index in [1.165, 1.54) is 6.07 Å². The number of sulfonamides is 1. The van der Waals surface area contributed by atoms with Crippen LogP contribution >= 0.6 is 11.6 Å². The average Bonchev–Trinajstić information content (AvgIpc) is 2.50. The zero-order chi connectivity index (χ0) is 16.2. The van der Waals surface area contributed by atoms with E-state index in [0.29, 0.717) is 39.1 Å². The smallest absolute Gasteiger partial charge is 0.214 e. The van der Waals surface area contributed by atoms with E-state index < -0.39 is 15.8 Å². The van der Waals surface area contributed by atoms with Gasteiger partial charge in [0.1, 0.15) is 5.82 Å². The molecule has 0 amide bonds. The van der Waals surface area contributed by atoms with E-state index in [2.05, 4.69) is 4.90 Å². The lowest BCUT2D eigenvalue weighted by atomic mass is 10.2. The zero-order valence-electron chi connectivity index (χ0n) is 12.8. The van der Waals surface area contributed by atoms with Crippen LogP contribution in [0.5, 0.6) is 0 Å². The second-order valence-corrected chi connectivity index (χ2v) is 8.09. The highest BCUT2D eigenvalue weighted by atomic mass is 35.5. The Kier molecular flexibility index (Phi) is 6.20. The van der Waals surface area contributed by atoms with E-state index in [1.807, 2.05) is 6.92 Å². The molecule has 0 saturated carbocycles. The van der Waals surface area contributed by atoms with Crippen LogP contribution in [0.4, 0.5) is 4.39 Å². The Bertz CT molecular complexity index is 602. The summed E-state index contributed by atoms with van der Waals surface area (Å²) < 4.78 is 39.0. The van der Waals surface area contributed by atoms with E-state index in [1.54, 1.807) is 16.4 Å². The number of piperazine rings is 1. The zero-order valence-corrected chi connectivity index (χ0v) is 14.3. The Morgan fingerprint density at radius 1 is 1.23 bits per heavy atom. The maximum atomic E-state index is 13.1. The molecule has 1 aromatic rings. The van der Waals surface area contributed by atoms with Crippen LogP contribution in [-0.2, 0) is 16.6 Å². The monoisotopic (exact) mass is 348 g/mol. The first-order valence-corrected chi connectivity index (χ1v) is 9.55. The fraction of sp³-hybridized carbons (Fsp3) is 0.600. The number of hydrogen-bond donors (Lipinski definition) is 0. The van der Waals surface area contributed by atoms with Crippen molar-refractivity contribution in [1.82, 2.24) is 9.21 Å². The molecule has 1 aliphatic rings. The predicted molar refractivity (Wildman–Crippen MR) is 87.0 cm³/mol. The minimum absolute atomic E-state index is 0.123. The Labute approximate surface area is 136 Å². The standard InChI is InChI=1S/C15H22ClFN2O2S/c1-2-3-10-22(20,21)19-8-6-18(7-9-19)12-13-4-5-15(17)14(16)11-13/h4-5,11H,2-3,6-10,12H2,1H3. The quantitative estimate of drug-likeness (QED) is 0.793. The average molecular weight is 349 g/mol. The Morgan fingerprint density at radius 3 is 2.50 bits per heavy atom. The Hall–Kier alpha value is -0.690. The molecule has 0 radical (unpaired) electrons. The van der Waals surface area contributed by atoms with Crippen molar-refractivity contribution in [3.05, 3.63) is 34.6 Å². The summed E-state index contributed by atoms with van der Waals surface area (Å²) in [4.78, 5) is 2.16. The van der Waals surface area contributed by atoms with Gasteiger partial charge in [-0.1, -0.05) is 31.0 Å². The van der Waals surface area contributed by atoms with Gasteiger partial charge in [0.05, 0.1) is 10.8 Å². The molecule has 2 rings (SSSR count). The predicted octanol–water partition coefficient (Wildman–Crippen LogP) is 2.73. The van der Waals surface area contributed by atoms with Crippen LogP contribution in [0.2, 0.25) is 5.02 Å². The van der Waals surface area contributed by atoms with Crippen molar-refractivity contribution in [1.29, 1.82) is 0 Å². The molecule has 0 aliphatic carbocycles. The molecule has 1 aliphatic heterocycles. The molecular weight excluding hydrogens is 327 g/mol. The minimum Gasteiger partial charge on any atom is -0.296 e. The molecule has 0 N–H and O–H groups in total. The molecule has 0 atom stereocenters. The van der Waals surface area contributed by atoms with E-state index in [4.69, 9.17) is 11.6 Å². The van der Waals surface area contributed by atoms with Gasteiger partial charge >= 0.3 is 0 Å². The SMILES string of the molecule is CCCCS(=O)(=O)N1CCN(Cc2ccc(F)c(Cl)c2)CC1. The molecule has 7 heteroatoms. The number of benzene rings is 1. The minimum atomic E-state index is -3.12. The van der Waals surface area contributed by atoms with Gasteiger partial charge in [0.2, 0.25) is 10.0 Å². The Morgan fingerprint density at radius 2 is 1.91 bits per heavy atom. The molecule has 22 heavy (non-hydrogen) atoms. The van der Waals surface area contributed by atoms with E-state index in [0.717, 1.165) is 12.0 Å². The summed E-state index contributed by atoms with van der Waals surface area (Å²) in [6.07, 6.45) is 1.58. The molecule has 0 aromatic heterocycles. The second kappa shape index (κ2) is 7.73. The summed E-state index contributed by atoms with van der Waals surface area (Å²) in [7, 11) is -3.12. The lowest BCUT2D eigenvalue weighted by Crippen LogP contribution is -2.48. The number of unbranched alkanes of at least 4 members (excludes halogenated alkanes) is 1. The topological polar surface area (TPSA) is 40.6 Å². The molecule has 1 heterocycles.